The van der Waals surface area contributed by atoms with Crippen LogP contribution in [0.1, 0.15) is 21.5 Å². The highest BCUT2D eigenvalue weighted by atomic mass is 16.5. The molecule has 0 saturated carbocycles. The van der Waals surface area contributed by atoms with Gasteiger partial charge in [0.2, 0.25) is 0 Å². The molecule has 1 aliphatic rings. The predicted molar refractivity (Wildman–Crippen MR) is 96.6 cm³/mol. The largest absolute Gasteiger partial charge is 0.489 e. The van der Waals surface area contributed by atoms with Gasteiger partial charge in [0.05, 0.1) is 12.7 Å². The number of benzene rings is 2. The number of nitrogens with one attached hydrogen (secondary N) is 2. The van der Waals surface area contributed by atoms with Gasteiger partial charge < -0.3 is 20.1 Å². The third-order valence-electron chi connectivity index (χ3n) is 4.33. The second-order valence-electron chi connectivity index (χ2n) is 6.28. The second kappa shape index (κ2) is 8.65. The molecule has 2 N–H and O–H groups in total. The van der Waals surface area contributed by atoms with E-state index in [1.54, 1.807) is 12.1 Å². The van der Waals surface area contributed by atoms with E-state index >= 15 is 0 Å². The minimum absolute atomic E-state index is 0.328. The van der Waals surface area contributed by atoms with Crippen LogP contribution in [0.5, 0.6) is 5.75 Å². The fourth-order valence-corrected chi connectivity index (χ4v) is 2.64. The van der Waals surface area contributed by atoms with Crippen molar-refractivity contribution in [1.29, 1.82) is 0 Å². The number of hydrogen-bond donors (Lipinski definition) is 2. The van der Waals surface area contributed by atoms with E-state index in [0.29, 0.717) is 12.2 Å². The van der Waals surface area contributed by atoms with Gasteiger partial charge in [-0.1, -0.05) is 24.3 Å². The van der Waals surface area contributed by atoms with Crippen molar-refractivity contribution >= 4 is 5.97 Å². The van der Waals surface area contributed by atoms with E-state index < -0.39 is 0 Å². The zero-order chi connectivity index (χ0) is 17.5. The highest BCUT2D eigenvalue weighted by Crippen LogP contribution is 2.15. The van der Waals surface area contributed by atoms with Crippen LogP contribution in [0.3, 0.4) is 0 Å². The Kier molecular flexibility index (Phi) is 6.04. The van der Waals surface area contributed by atoms with Crippen molar-refractivity contribution in [3.05, 3.63) is 65.2 Å². The Balaban J connectivity index is 1.43. The summed E-state index contributed by atoms with van der Waals surface area (Å²) in [5.74, 6) is 1.28. The molecule has 2 aromatic carbocycles. The molecule has 3 rings (SSSR count). The lowest BCUT2D eigenvalue weighted by Crippen LogP contribution is -2.47. The van der Waals surface area contributed by atoms with E-state index in [1.807, 2.05) is 24.3 Å². The van der Waals surface area contributed by atoms with Crippen LogP contribution in [-0.2, 0) is 17.9 Å². The number of carbonyl (C=O) groups excluding carboxylic acids is 1. The van der Waals surface area contributed by atoms with Crippen LogP contribution >= 0.6 is 0 Å². The van der Waals surface area contributed by atoms with Crippen LogP contribution < -0.4 is 15.4 Å². The summed E-state index contributed by atoms with van der Waals surface area (Å²) in [6.45, 7) is 4.66. The molecule has 0 amide bonds. The minimum Gasteiger partial charge on any atom is -0.489 e. The molecular weight excluding hydrogens is 316 g/mol. The van der Waals surface area contributed by atoms with E-state index in [4.69, 9.17) is 4.74 Å². The maximum absolute atomic E-state index is 11.4. The van der Waals surface area contributed by atoms with Crippen molar-refractivity contribution in [2.24, 2.45) is 5.92 Å². The third kappa shape index (κ3) is 5.05. The van der Waals surface area contributed by atoms with Gasteiger partial charge in [-0.25, -0.2) is 4.79 Å². The van der Waals surface area contributed by atoms with Crippen molar-refractivity contribution < 1.29 is 14.3 Å². The molecule has 0 aliphatic carbocycles. The molecule has 0 aromatic heterocycles. The maximum atomic E-state index is 11.4. The van der Waals surface area contributed by atoms with Gasteiger partial charge in [-0.15, -0.1) is 0 Å². The molecule has 1 fully saturated rings. The molecule has 0 spiro atoms. The molecule has 0 radical (unpaired) electrons. The minimum atomic E-state index is -0.328. The Morgan fingerprint density at radius 1 is 1.08 bits per heavy atom. The van der Waals surface area contributed by atoms with Crippen molar-refractivity contribution in [3.63, 3.8) is 0 Å². The summed E-state index contributed by atoms with van der Waals surface area (Å²) in [6.07, 6.45) is 0. The summed E-state index contributed by atoms with van der Waals surface area (Å²) in [5, 5.41) is 6.76. The van der Waals surface area contributed by atoms with Crippen LogP contribution in [-0.4, -0.2) is 32.7 Å². The molecule has 0 unspecified atom stereocenters. The Morgan fingerprint density at radius 2 is 1.76 bits per heavy atom. The molecular formula is C20H24N2O3. The molecule has 2 aromatic rings. The highest BCUT2D eigenvalue weighted by Gasteiger charge is 2.15. The lowest BCUT2D eigenvalue weighted by atomic mass is 10.0. The number of methoxy groups -OCH3 is 1. The number of rotatable bonds is 8. The average molecular weight is 340 g/mol. The van der Waals surface area contributed by atoms with Gasteiger partial charge in [0, 0.05) is 26.2 Å². The SMILES string of the molecule is COC(=O)c1ccc(COc2ccc(CNCC3CNC3)cc2)cc1. The fourth-order valence-electron chi connectivity index (χ4n) is 2.64. The first-order chi connectivity index (χ1) is 12.2. The Hall–Kier alpha value is -2.37. The van der Waals surface area contributed by atoms with E-state index in [9.17, 15) is 4.79 Å². The Bertz CT molecular complexity index is 679. The van der Waals surface area contributed by atoms with Gasteiger partial charge in [0.15, 0.2) is 0 Å². The van der Waals surface area contributed by atoms with Gasteiger partial charge >= 0.3 is 5.97 Å². The third-order valence-corrected chi connectivity index (χ3v) is 4.33. The number of carbonyl (C=O) groups is 1. The molecule has 132 valence electrons. The van der Waals surface area contributed by atoms with Crippen molar-refractivity contribution in [3.8, 4) is 5.75 Å². The van der Waals surface area contributed by atoms with Crippen LogP contribution in [0, 0.1) is 5.92 Å². The normalized spacial score (nSPS) is 14.0. The first-order valence-electron chi connectivity index (χ1n) is 8.55. The van der Waals surface area contributed by atoms with Crippen LogP contribution in [0.25, 0.3) is 0 Å². The highest BCUT2D eigenvalue weighted by molar-refractivity contribution is 5.89. The van der Waals surface area contributed by atoms with E-state index in [0.717, 1.165) is 43.4 Å². The fraction of sp³-hybridized carbons (Fsp3) is 0.350. The molecule has 25 heavy (non-hydrogen) atoms. The van der Waals surface area contributed by atoms with Crippen molar-refractivity contribution in [2.45, 2.75) is 13.2 Å². The summed E-state index contributed by atoms with van der Waals surface area (Å²) < 4.78 is 10.5. The summed E-state index contributed by atoms with van der Waals surface area (Å²) in [5.41, 5.74) is 2.80. The first kappa shape index (κ1) is 17.5. The molecule has 1 aliphatic heterocycles. The summed E-state index contributed by atoms with van der Waals surface area (Å²) in [6, 6.07) is 15.4. The molecule has 5 heteroatoms. The van der Waals surface area contributed by atoms with Crippen LogP contribution in [0.4, 0.5) is 0 Å². The Labute approximate surface area is 148 Å². The molecule has 0 atom stereocenters. The predicted octanol–water partition coefficient (Wildman–Crippen LogP) is 2.36. The summed E-state index contributed by atoms with van der Waals surface area (Å²) >= 11 is 0. The van der Waals surface area contributed by atoms with Gasteiger partial charge in [-0.05, 0) is 41.3 Å². The standard InChI is InChI=1S/C20H24N2O3/c1-24-20(23)18-6-2-16(3-7-18)14-25-19-8-4-15(5-9-19)10-21-11-17-12-22-13-17/h2-9,17,21-22H,10-14H2,1H3. The summed E-state index contributed by atoms with van der Waals surface area (Å²) in [4.78, 5) is 11.4. The Morgan fingerprint density at radius 3 is 2.36 bits per heavy atom. The van der Waals surface area contributed by atoms with Crippen LogP contribution in [0.15, 0.2) is 48.5 Å². The first-order valence-corrected chi connectivity index (χ1v) is 8.55. The summed E-state index contributed by atoms with van der Waals surface area (Å²) in [7, 11) is 1.38. The average Bonchev–Trinajstić information content (AvgIpc) is 2.63. The van der Waals surface area contributed by atoms with E-state index in [-0.39, 0.29) is 5.97 Å². The number of ether oxygens (including phenoxy) is 2. The maximum Gasteiger partial charge on any atom is 0.337 e. The van der Waals surface area contributed by atoms with Crippen molar-refractivity contribution in [2.75, 3.05) is 26.7 Å². The van der Waals surface area contributed by atoms with Gasteiger partial charge in [-0.2, -0.15) is 0 Å². The lowest BCUT2D eigenvalue weighted by Gasteiger charge is -2.27. The van der Waals surface area contributed by atoms with Gasteiger partial charge in [0.25, 0.3) is 0 Å². The van der Waals surface area contributed by atoms with E-state index in [1.165, 1.54) is 12.7 Å². The second-order valence-corrected chi connectivity index (χ2v) is 6.28. The smallest absolute Gasteiger partial charge is 0.337 e. The molecule has 5 nitrogen and oxygen atoms in total. The number of hydrogen-bond acceptors (Lipinski definition) is 5. The molecule has 1 saturated heterocycles. The zero-order valence-corrected chi connectivity index (χ0v) is 14.5. The van der Waals surface area contributed by atoms with Crippen LogP contribution in [0.2, 0.25) is 0 Å². The van der Waals surface area contributed by atoms with Crippen molar-refractivity contribution in [1.82, 2.24) is 10.6 Å². The number of esters is 1. The monoisotopic (exact) mass is 340 g/mol. The van der Waals surface area contributed by atoms with Gasteiger partial charge in [0.1, 0.15) is 12.4 Å². The van der Waals surface area contributed by atoms with E-state index in [2.05, 4.69) is 27.5 Å². The van der Waals surface area contributed by atoms with Gasteiger partial charge in [-0.3, -0.25) is 0 Å². The lowest BCUT2D eigenvalue weighted by molar-refractivity contribution is 0.0600. The molecule has 0 bridgehead atoms. The molecule has 1 heterocycles. The zero-order valence-electron chi connectivity index (χ0n) is 14.5. The quantitative estimate of drug-likeness (QED) is 0.723. The topological polar surface area (TPSA) is 59.6 Å².